The summed E-state index contributed by atoms with van der Waals surface area (Å²) in [7, 11) is 0. The molecule has 2 unspecified atom stereocenters. The van der Waals surface area contributed by atoms with Crippen molar-refractivity contribution in [1.82, 2.24) is 5.32 Å². The third-order valence-corrected chi connectivity index (χ3v) is 4.03. The standard InChI is InChI=1S/C16H25NO3S/c1-6-20-15(19)13(16(3,4)5)14(18)17-11(2)10-12-8-7-9-21-12/h7-9,11,13H,6,10H2,1-5H3,(H,17,18). The molecule has 1 rings (SSSR count). The van der Waals surface area contributed by atoms with Gasteiger partial charge in [0.25, 0.3) is 0 Å². The van der Waals surface area contributed by atoms with Gasteiger partial charge in [0, 0.05) is 17.3 Å². The molecule has 1 heterocycles. The number of hydrogen-bond donors (Lipinski definition) is 1. The first-order valence-corrected chi connectivity index (χ1v) is 8.13. The van der Waals surface area contributed by atoms with Gasteiger partial charge in [-0.3, -0.25) is 9.59 Å². The first-order chi connectivity index (χ1) is 9.75. The number of ether oxygens (including phenoxy) is 1. The molecule has 0 spiro atoms. The maximum Gasteiger partial charge on any atom is 0.319 e. The van der Waals surface area contributed by atoms with Crippen molar-refractivity contribution in [3.63, 3.8) is 0 Å². The monoisotopic (exact) mass is 311 g/mol. The Labute approximate surface area is 130 Å². The fourth-order valence-electron chi connectivity index (χ4n) is 2.19. The van der Waals surface area contributed by atoms with Crippen LogP contribution < -0.4 is 5.32 Å². The summed E-state index contributed by atoms with van der Waals surface area (Å²) in [5.74, 6) is -1.50. The maximum atomic E-state index is 12.4. The summed E-state index contributed by atoms with van der Waals surface area (Å²) in [5, 5.41) is 4.95. The average Bonchev–Trinajstić information content (AvgIpc) is 2.79. The van der Waals surface area contributed by atoms with E-state index in [1.807, 2.05) is 45.2 Å². The fourth-order valence-corrected chi connectivity index (χ4v) is 3.02. The third-order valence-electron chi connectivity index (χ3n) is 3.13. The van der Waals surface area contributed by atoms with E-state index in [2.05, 4.69) is 5.32 Å². The van der Waals surface area contributed by atoms with Crippen molar-refractivity contribution >= 4 is 23.2 Å². The number of carbonyl (C=O) groups is 2. The molecule has 1 aromatic rings. The lowest BCUT2D eigenvalue weighted by atomic mass is 9.80. The SMILES string of the molecule is CCOC(=O)C(C(=O)NC(C)Cc1cccs1)C(C)(C)C. The summed E-state index contributed by atoms with van der Waals surface area (Å²) in [6.45, 7) is 9.59. The highest BCUT2D eigenvalue weighted by Gasteiger charge is 2.39. The van der Waals surface area contributed by atoms with Crippen molar-refractivity contribution in [2.24, 2.45) is 11.3 Å². The lowest BCUT2D eigenvalue weighted by Gasteiger charge is -2.28. The fraction of sp³-hybridized carbons (Fsp3) is 0.625. The van der Waals surface area contributed by atoms with Crippen molar-refractivity contribution in [3.05, 3.63) is 22.4 Å². The Morgan fingerprint density at radius 3 is 2.52 bits per heavy atom. The van der Waals surface area contributed by atoms with E-state index in [0.29, 0.717) is 0 Å². The summed E-state index contributed by atoms with van der Waals surface area (Å²) < 4.78 is 5.04. The van der Waals surface area contributed by atoms with E-state index in [1.165, 1.54) is 4.88 Å². The van der Waals surface area contributed by atoms with Crippen LogP contribution in [-0.4, -0.2) is 24.5 Å². The van der Waals surface area contributed by atoms with E-state index >= 15 is 0 Å². The molecule has 1 N–H and O–H groups in total. The minimum absolute atomic E-state index is 0.0181. The quantitative estimate of drug-likeness (QED) is 0.649. The molecule has 21 heavy (non-hydrogen) atoms. The van der Waals surface area contributed by atoms with Crippen LogP contribution in [0.3, 0.4) is 0 Å². The number of carbonyl (C=O) groups excluding carboxylic acids is 2. The molecule has 0 saturated carbocycles. The topological polar surface area (TPSA) is 55.4 Å². The van der Waals surface area contributed by atoms with Gasteiger partial charge in [0.2, 0.25) is 5.91 Å². The average molecular weight is 311 g/mol. The Hall–Kier alpha value is -1.36. The molecule has 1 amide bonds. The van der Waals surface area contributed by atoms with Crippen LogP contribution in [0.15, 0.2) is 17.5 Å². The van der Waals surface area contributed by atoms with E-state index in [1.54, 1.807) is 18.3 Å². The minimum Gasteiger partial charge on any atom is -0.465 e. The van der Waals surface area contributed by atoms with Crippen LogP contribution in [0.25, 0.3) is 0 Å². The third kappa shape index (κ3) is 5.50. The largest absolute Gasteiger partial charge is 0.465 e. The second-order valence-corrected chi connectivity index (χ2v) is 7.28. The molecule has 0 aromatic carbocycles. The molecule has 0 aliphatic heterocycles. The molecule has 0 bridgehead atoms. The Morgan fingerprint density at radius 1 is 1.38 bits per heavy atom. The molecule has 0 fully saturated rings. The molecular weight excluding hydrogens is 286 g/mol. The highest BCUT2D eigenvalue weighted by Crippen LogP contribution is 2.27. The molecule has 0 radical (unpaired) electrons. The van der Waals surface area contributed by atoms with Crippen molar-refractivity contribution < 1.29 is 14.3 Å². The molecule has 1 aromatic heterocycles. The summed E-state index contributed by atoms with van der Waals surface area (Å²) in [5.41, 5.74) is -0.473. The van der Waals surface area contributed by atoms with Crippen LogP contribution in [0.2, 0.25) is 0 Å². The van der Waals surface area contributed by atoms with Gasteiger partial charge in [-0.05, 0) is 30.7 Å². The normalized spacial score (nSPS) is 14.3. The van der Waals surface area contributed by atoms with E-state index in [0.717, 1.165) is 6.42 Å². The summed E-state index contributed by atoms with van der Waals surface area (Å²) in [6.07, 6.45) is 0.767. The van der Waals surface area contributed by atoms with Crippen LogP contribution in [0.1, 0.15) is 39.5 Å². The van der Waals surface area contributed by atoms with Gasteiger partial charge in [0.1, 0.15) is 5.92 Å². The zero-order valence-electron chi connectivity index (χ0n) is 13.4. The van der Waals surface area contributed by atoms with Gasteiger partial charge < -0.3 is 10.1 Å². The van der Waals surface area contributed by atoms with Gasteiger partial charge in [-0.1, -0.05) is 26.8 Å². The number of rotatable bonds is 6. The van der Waals surface area contributed by atoms with Crippen molar-refractivity contribution in [2.75, 3.05) is 6.61 Å². The second-order valence-electron chi connectivity index (χ2n) is 6.24. The van der Waals surface area contributed by atoms with Crippen LogP contribution in [-0.2, 0) is 20.7 Å². The summed E-state index contributed by atoms with van der Waals surface area (Å²) >= 11 is 1.66. The lowest BCUT2D eigenvalue weighted by Crippen LogP contribution is -2.46. The van der Waals surface area contributed by atoms with E-state index in [-0.39, 0.29) is 18.6 Å². The van der Waals surface area contributed by atoms with Gasteiger partial charge in [-0.15, -0.1) is 11.3 Å². The number of esters is 1. The molecule has 0 aliphatic carbocycles. The first-order valence-electron chi connectivity index (χ1n) is 7.25. The second kappa shape index (κ2) is 7.59. The van der Waals surface area contributed by atoms with Gasteiger partial charge in [0.05, 0.1) is 6.61 Å². The molecule has 5 heteroatoms. The Balaban J connectivity index is 2.70. The summed E-state index contributed by atoms with van der Waals surface area (Å²) in [6, 6.07) is 4.01. The number of nitrogens with one attached hydrogen (secondary N) is 1. The van der Waals surface area contributed by atoms with Crippen LogP contribution in [0.4, 0.5) is 0 Å². The Bertz CT molecular complexity index is 462. The van der Waals surface area contributed by atoms with E-state index < -0.39 is 17.3 Å². The highest BCUT2D eigenvalue weighted by atomic mass is 32.1. The van der Waals surface area contributed by atoms with Gasteiger partial charge in [-0.2, -0.15) is 0 Å². The molecule has 2 atom stereocenters. The maximum absolute atomic E-state index is 12.4. The number of thiophene rings is 1. The highest BCUT2D eigenvalue weighted by molar-refractivity contribution is 7.09. The van der Waals surface area contributed by atoms with E-state index in [4.69, 9.17) is 4.74 Å². The Morgan fingerprint density at radius 2 is 2.05 bits per heavy atom. The summed E-state index contributed by atoms with van der Waals surface area (Å²) in [4.78, 5) is 25.7. The first kappa shape index (κ1) is 17.7. The predicted molar refractivity (Wildman–Crippen MR) is 85.2 cm³/mol. The Kier molecular flexibility index (Phi) is 6.40. The molecule has 118 valence electrons. The van der Waals surface area contributed by atoms with Crippen LogP contribution in [0.5, 0.6) is 0 Å². The van der Waals surface area contributed by atoms with E-state index in [9.17, 15) is 9.59 Å². The van der Waals surface area contributed by atoms with Crippen LogP contribution >= 0.6 is 11.3 Å². The zero-order valence-corrected chi connectivity index (χ0v) is 14.3. The zero-order chi connectivity index (χ0) is 16.0. The smallest absolute Gasteiger partial charge is 0.319 e. The lowest BCUT2D eigenvalue weighted by molar-refractivity contribution is -0.156. The number of amides is 1. The van der Waals surface area contributed by atoms with Crippen molar-refractivity contribution in [2.45, 2.75) is 47.1 Å². The predicted octanol–water partition coefficient (Wildman–Crippen LogP) is 3.02. The van der Waals surface area contributed by atoms with Gasteiger partial charge >= 0.3 is 5.97 Å². The van der Waals surface area contributed by atoms with Gasteiger partial charge in [0.15, 0.2) is 0 Å². The van der Waals surface area contributed by atoms with Crippen molar-refractivity contribution in [3.8, 4) is 0 Å². The minimum atomic E-state index is -0.789. The molecule has 0 aliphatic rings. The molecule has 4 nitrogen and oxygen atoms in total. The van der Waals surface area contributed by atoms with Crippen molar-refractivity contribution in [1.29, 1.82) is 0 Å². The van der Waals surface area contributed by atoms with Crippen LogP contribution in [0, 0.1) is 11.3 Å². The number of hydrogen-bond acceptors (Lipinski definition) is 4. The molecule has 0 saturated heterocycles. The molecular formula is C16H25NO3S. The van der Waals surface area contributed by atoms with Gasteiger partial charge in [-0.25, -0.2) is 0 Å².